The van der Waals surface area contributed by atoms with Crippen LogP contribution in [0.3, 0.4) is 0 Å². The molecule has 9 heteroatoms. The van der Waals surface area contributed by atoms with E-state index in [1.807, 2.05) is 0 Å². The van der Waals surface area contributed by atoms with Gasteiger partial charge in [-0.25, -0.2) is 4.39 Å². The Morgan fingerprint density at radius 3 is 2.50 bits per heavy atom. The Bertz CT molecular complexity index is 1590. The van der Waals surface area contributed by atoms with Crippen molar-refractivity contribution in [2.75, 3.05) is 11.5 Å². The largest absolute Gasteiger partial charge is 0.494 e. The van der Waals surface area contributed by atoms with Gasteiger partial charge in [-0.15, -0.1) is 0 Å². The molecule has 1 atom stereocenters. The predicted molar refractivity (Wildman–Crippen MR) is 134 cm³/mol. The summed E-state index contributed by atoms with van der Waals surface area (Å²) in [6, 6.07) is 13.2. The third-order valence-electron chi connectivity index (χ3n) is 6.42. The van der Waals surface area contributed by atoms with Gasteiger partial charge in [0, 0.05) is 5.69 Å². The number of halogens is 4. The summed E-state index contributed by atoms with van der Waals surface area (Å²) < 4.78 is 66.2. The van der Waals surface area contributed by atoms with Gasteiger partial charge >= 0.3 is 6.18 Å². The van der Waals surface area contributed by atoms with Crippen molar-refractivity contribution in [1.82, 2.24) is 0 Å². The molecule has 1 aliphatic rings. The molecule has 3 aromatic carbocycles. The number of carbonyl (C=O) groups is 1. The van der Waals surface area contributed by atoms with Crippen LogP contribution in [-0.2, 0) is 6.18 Å². The van der Waals surface area contributed by atoms with Crippen LogP contribution in [0.4, 0.5) is 23.2 Å². The molecule has 0 spiro atoms. The summed E-state index contributed by atoms with van der Waals surface area (Å²) in [6.07, 6.45) is -3.85. The average molecular weight is 525 g/mol. The van der Waals surface area contributed by atoms with E-state index in [9.17, 15) is 27.2 Å². The van der Waals surface area contributed by atoms with Gasteiger partial charge in [-0.05, 0) is 66.4 Å². The molecule has 0 saturated heterocycles. The van der Waals surface area contributed by atoms with Crippen molar-refractivity contribution in [2.24, 2.45) is 5.92 Å². The Balaban J connectivity index is 1.70. The third kappa shape index (κ3) is 4.64. The number of rotatable bonds is 6. The first-order valence-electron chi connectivity index (χ1n) is 12.0. The third-order valence-corrected chi connectivity index (χ3v) is 6.42. The summed E-state index contributed by atoms with van der Waals surface area (Å²) in [6.45, 7) is 4.55. The van der Waals surface area contributed by atoms with E-state index in [0.717, 1.165) is 35.6 Å². The van der Waals surface area contributed by atoms with Gasteiger partial charge < -0.3 is 9.15 Å². The van der Waals surface area contributed by atoms with Crippen molar-refractivity contribution < 1.29 is 31.5 Å². The zero-order valence-corrected chi connectivity index (χ0v) is 20.5. The molecule has 1 aliphatic heterocycles. The Kier molecular flexibility index (Phi) is 6.46. The monoisotopic (exact) mass is 525 g/mol. The fourth-order valence-corrected chi connectivity index (χ4v) is 4.55. The van der Waals surface area contributed by atoms with Gasteiger partial charge in [-0.3, -0.25) is 14.5 Å². The summed E-state index contributed by atoms with van der Waals surface area (Å²) in [5.41, 5.74) is -1.31. The lowest BCUT2D eigenvalue weighted by atomic mass is 9.98. The molecule has 38 heavy (non-hydrogen) atoms. The summed E-state index contributed by atoms with van der Waals surface area (Å²) in [5.74, 6) is -0.862. The topological polar surface area (TPSA) is 59.8 Å². The fraction of sp³-hybridized carbons (Fsp3) is 0.241. The molecule has 5 nitrogen and oxygen atoms in total. The summed E-state index contributed by atoms with van der Waals surface area (Å²) in [5, 5.41) is -0.0724. The maximum atomic E-state index is 14.0. The summed E-state index contributed by atoms with van der Waals surface area (Å²) in [7, 11) is 0. The van der Waals surface area contributed by atoms with E-state index in [4.69, 9.17) is 9.15 Å². The Morgan fingerprint density at radius 2 is 1.76 bits per heavy atom. The second kappa shape index (κ2) is 9.63. The van der Waals surface area contributed by atoms with Crippen LogP contribution < -0.4 is 15.1 Å². The minimum Gasteiger partial charge on any atom is -0.494 e. The number of anilines is 1. The fourth-order valence-electron chi connectivity index (χ4n) is 4.55. The van der Waals surface area contributed by atoms with E-state index in [1.165, 1.54) is 18.2 Å². The smallest absolute Gasteiger partial charge is 0.416 e. The van der Waals surface area contributed by atoms with Gasteiger partial charge in [0.05, 0.1) is 29.2 Å². The van der Waals surface area contributed by atoms with Gasteiger partial charge in [-0.1, -0.05) is 32.0 Å². The second-order valence-electron chi connectivity index (χ2n) is 9.54. The number of alkyl halides is 3. The van der Waals surface area contributed by atoms with Gasteiger partial charge in [0.1, 0.15) is 17.1 Å². The van der Waals surface area contributed by atoms with Crippen LogP contribution in [0.5, 0.6) is 5.75 Å². The molecule has 0 fully saturated rings. The van der Waals surface area contributed by atoms with Crippen molar-refractivity contribution >= 4 is 22.6 Å². The van der Waals surface area contributed by atoms with Crippen molar-refractivity contribution in [1.29, 1.82) is 0 Å². The van der Waals surface area contributed by atoms with E-state index in [-0.39, 0.29) is 28.0 Å². The standard InChI is InChI=1S/C29H23F4NO4/c1-16(2)11-12-37-21-8-3-5-17(13-21)25-24-26(35)22-15-19(30)9-10-23(22)38-27(24)28(36)34(25)20-7-4-6-18(14-20)29(31,32)33/h3-10,13-16,25H,11-12H2,1-2H3. The number of hydrogen-bond donors (Lipinski definition) is 0. The van der Waals surface area contributed by atoms with Gasteiger partial charge in [0.2, 0.25) is 5.76 Å². The highest BCUT2D eigenvalue weighted by atomic mass is 19.4. The summed E-state index contributed by atoms with van der Waals surface area (Å²) >= 11 is 0. The van der Waals surface area contributed by atoms with Crippen LogP contribution in [-0.4, -0.2) is 12.5 Å². The van der Waals surface area contributed by atoms with E-state index >= 15 is 0 Å². The maximum absolute atomic E-state index is 14.0. The van der Waals surface area contributed by atoms with Crippen molar-refractivity contribution in [3.8, 4) is 5.75 Å². The molecule has 0 N–H and O–H groups in total. The van der Waals surface area contributed by atoms with Crippen LogP contribution in [0.2, 0.25) is 0 Å². The van der Waals surface area contributed by atoms with E-state index in [0.29, 0.717) is 23.8 Å². The molecular formula is C29H23F4NO4. The zero-order valence-electron chi connectivity index (χ0n) is 20.5. The molecule has 0 saturated carbocycles. The van der Waals surface area contributed by atoms with Gasteiger partial charge in [-0.2, -0.15) is 13.2 Å². The van der Waals surface area contributed by atoms with Crippen LogP contribution >= 0.6 is 0 Å². The SMILES string of the molecule is CC(C)CCOc1cccc(C2c3c(oc4ccc(F)cc4c3=O)C(=O)N2c2cccc(C(F)(F)F)c2)c1. The molecule has 196 valence electrons. The first-order chi connectivity index (χ1) is 18.0. The van der Waals surface area contributed by atoms with Crippen LogP contribution in [0, 0.1) is 11.7 Å². The molecule has 5 rings (SSSR count). The Hall–Kier alpha value is -4.14. The van der Waals surface area contributed by atoms with Crippen molar-refractivity contribution in [2.45, 2.75) is 32.5 Å². The molecule has 0 aliphatic carbocycles. The lowest BCUT2D eigenvalue weighted by Gasteiger charge is -2.26. The second-order valence-corrected chi connectivity index (χ2v) is 9.54. The molecule has 0 radical (unpaired) electrons. The van der Waals surface area contributed by atoms with E-state index in [2.05, 4.69) is 13.8 Å². The van der Waals surface area contributed by atoms with Gasteiger partial charge in [0.15, 0.2) is 5.43 Å². The van der Waals surface area contributed by atoms with Crippen LogP contribution in [0.1, 0.15) is 53.6 Å². The molecule has 1 unspecified atom stereocenters. The lowest BCUT2D eigenvalue weighted by molar-refractivity contribution is -0.137. The summed E-state index contributed by atoms with van der Waals surface area (Å²) in [4.78, 5) is 28.4. The number of fused-ring (bicyclic) bond motifs is 2. The molecule has 0 bridgehead atoms. The zero-order chi connectivity index (χ0) is 27.2. The van der Waals surface area contributed by atoms with Crippen LogP contribution in [0.15, 0.2) is 75.9 Å². The number of benzene rings is 3. The molecule has 4 aromatic rings. The highest BCUT2D eigenvalue weighted by Crippen LogP contribution is 2.43. The number of amides is 1. The molecule has 1 amide bonds. The molecule has 1 aromatic heterocycles. The Labute approximate surface area is 215 Å². The maximum Gasteiger partial charge on any atom is 0.416 e. The number of hydrogen-bond acceptors (Lipinski definition) is 4. The minimum atomic E-state index is -4.65. The Morgan fingerprint density at radius 1 is 1.00 bits per heavy atom. The first-order valence-corrected chi connectivity index (χ1v) is 12.0. The first kappa shape index (κ1) is 25.5. The quantitative estimate of drug-likeness (QED) is 0.252. The van der Waals surface area contributed by atoms with Gasteiger partial charge in [0.25, 0.3) is 5.91 Å². The highest BCUT2D eigenvalue weighted by Gasteiger charge is 2.44. The number of nitrogens with zero attached hydrogens (tertiary/aromatic N) is 1. The highest BCUT2D eigenvalue weighted by molar-refractivity contribution is 6.10. The lowest BCUT2D eigenvalue weighted by Crippen LogP contribution is -2.29. The van der Waals surface area contributed by atoms with Crippen LogP contribution in [0.25, 0.3) is 11.0 Å². The van der Waals surface area contributed by atoms with E-state index < -0.39 is 34.9 Å². The normalized spacial score (nSPS) is 15.4. The predicted octanol–water partition coefficient (Wildman–Crippen LogP) is 7.13. The minimum absolute atomic E-state index is 0.00101. The number of carbonyl (C=O) groups excluding carboxylic acids is 1. The molecular weight excluding hydrogens is 502 g/mol. The molecule has 2 heterocycles. The average Bonchev–Trinajstić information content (AvgIpc) is 3.16. The van der Waals surface area contributed by atoms with Crippen molar-refractivity contribution in [3.05, 3.63) is 105 Å². The van der Waals surface area contributed by atoms with E-state index in [1.54, 1.807) is 24.3 Å². The number of ether oxygens (including phenoxy) is 1. The van der Waals surface area contributed by atoms with Crippen molar-refractivity contribution in [3.63, 3.8) is 0 Å².